The topological polar surface area (TPSA) is 102 Å². The van der Waals surface area contributed by atoms with E-state index in [-0.39, 0.29) is 30.6 Å². The van der Waals surface area contributed by atoms with Crippen LogP contribution < -0.4 is 10.1 Å². The Bertz CT molecular complexity index is 714. The van der Waals surface area contributed by atoms with E-state index in [0.29, 0.717) is 18.7 Å². The Labute approximate surface area is 171 Å². The molecule has 0 spiro atoms. The zero-order valence-electron chi connectivity index (χ0n) is 17.7. The largest absolute Gasteiger partial charge is 0.445 e. The van der Waals surface area contributed by atoms with Crippen molar-refractivity contribution in [3.8, 4) is 5.75 Å². The standard InChI is InChI=1S/C21H30N2O6/c1-14(2)12-19(25)22-16(4)20(26)29-18-8-6-17(7-9-18)13-28-21(27)23(5)11-10-15(3)24/h6-9,14,16H,10-13H2,1-5H3,(H,22,25)/t16-/m0/s1. The molecule has 2 amide bonds. The average Bonchev–Trinajstić information content (AvgIpc) is 2.64. The second kappa shape index (κ2) is 11.8. The third-order valence-corrected chi connectivity index (χ3v) is 3.94. The molecule has 1 aromatic rings. The van der Waals surface area contributed by atoms with E-state index >= 15 is 0 Å². The molecule has 0 aliphatic rings. The summed E-state index contributed by atoms with van der Waals surface area (Å²) < 4.78 is 10.4. The van der Waals surface area contributed by atoms with Crippen LogP contribution in [0.25, 0.3) is 0 Å². The number of carbonyl (C=O) groups is 4. The number of ketones is 1. The fourth-order valence-electron chi connectivity index (χ4n) is 2.26. The lowest BCUT2D eigenvalue weighted by Gasteiger charge is -2.16. The number of Topliss-reactive ketones (excluding diaryl/α,β-unsaturated/α-hetero) is 1. The summed E-state index contributed by atoms with van der Waals surface area (Å²) in [6.07, 6.45) is 0.101. The summed E-state index contributed by atoms with van der Waals surface area (Å²) in [5, 5.41) is 2.61. The predicted molar refractivity (Wildman–Crippen MR) is 107 cm³/mol. The Morgan fingerprint density at radius 1 is 1.07 bits per heavy atom. The fourth-order valence-corrected chi connectivity index (χ4v) is 2.26. The molecule has 160 valence electrons. The number of hydrogen-bond donors (Lipinski definition) is 1. The lowest BCUT2D eigenvalue weighted by atomic mass is 10.1. The molecular weight excluding hydrogens is 376 g/mol. The first kappa shape index (κ1) is 24.1. The van der Waals surface area contributed by atoms with E-state index in [1.807, 2.05) is 13.8 Å². The van der Waals surface area contributed by atoms with Crippen LogP contribution in [0.5, 0.6) is 5.75 Å². The first-order valence-electron chi connectivity index (χ1n) is 9.55. The average molecular weight is 406 g/mol. The maximum Gasteiger partial charge on any atom is 0.409 e. The highest BCUT2D eigenvalue weighted by Crippen LogP contribution is 2.14. The SMILES string of the molecule is CC(=O)CCN(C)C(=O)OCc1ccc(OC(=O)[C@H](C)NC(=O)CC(C)C)cc1. The molecule has 0 unspecified atom stereocenters. The fraction of sp³-hybridized carbons (Fsp3) is 0.524. The van der Waals surface area contributed by atoms with Crippen LogP contribution in [0.4, 0.5) is 4.79 Å². The van der Waals surface area contributed by atoms with Gasteiger partial charge in [0.25, 0.3) is 0 Å². The Kier molecular flexibility index (Phi) is 9.85. The molecule has 1 N–H and O–H groups in total. The zero-order chi connectivity index (χ0) is 22.0. The zero-order valence-corrected chi connectivity index (χ0v) is 17.7. The summed E-state index contributed by atoms with van der Waals surface area (Å²) in [5.41, 5.74) is 0.719. The van der Waals surface area contributed by atoms with Crippen LogP contribution in [0, 0.1) is 5.92 Å². The number of nitrogens with one attached hydrogen (secondary N) is 1. The minimum atomic E-state index is -0.757. The van der Waals surface area contributed by atoms with Crippen LogP contribution in [-0.2, 0) is 25.7 Å². The van der Waals surface area contributed by atoms with Crippen molar-refractivity contribution >= 4 is 23.8 Å². The molecule has 1 rings (SSSR count). The van der Waals surface area contributed by atoms with Crippen LogP contribution in [0.15, 0.2) is 24.3 Å². The monoisotopic (exact) mass is 406 g/mol. The summed E-state index contributed by atoms with van der Waals surface area (Å²) in [5.74, 6) is -0.228. The molecule has 0 aliphatic carbocycles. The van der Waals surface area contributed by atoms with Crippen molar-refractivity contribution in [3.05, 3.63) is 29.8 Å². The number of esters is 1. The minimum absolute atomic E-state index is 0.00333. The molecule has 0 aromatic heterocycles. The molecule has 8 nitrogen and oxygen atoms in total. The van der Waals surface area contributed by atoms with Gasteiger partial charge in [-0.2, -0.15) is 0 Å². The third kappa shape index (κ3) is 9.73. The molecular formula is C21H30N2O6. The van der Waals surface area contributed by atoms with E-state index in [1.165, 1.54) is 11.8 Å². The van der Waals surface area contributed by atoms with Crippen LogP contribution in [-0.4, -0.2) is 48.3 Å². The van der Waals surface area contributed by atoms with Gasteiger partial charge in [-0.3, -0.25) is 9.59 Å². The van der Waals surface area contributed by atoms with Crippen LogP contribution >= 0.6 is 0 Å². The highest BCUT2D eigenvalue weighted by Gasteiger charge is 2.18. The molecule has 0 bridgehead atoms. The van der Waals surface area contributed by atoms with E-state index in [0.717, 1.165) is 5.56 Å². The van der Waals surface area contributed by atoms with Gasteiger partial charge in [-0.1, -0.05) is 26.0 Å². The van der Waals surface area contributed by atoms with Gasteiger partial charge in [0.15, 0.2) is 0 Å². The molecule has 0 saturated heterocycles. The van der Waals surface area contributed by atoms with Gasteiger partial charge < -0.3 is 19.7 Å². The van der Waals surface area contributed by atoms with Gasteiger partial charge in [0.2, 0.25) is 5.91 Å². The summed E-state index contributed by atoms with van der Waals surface area (Å²) in [6, 6.07) is 5.76. The third-order valence-electron chi connectivity index (χ3n) is 3.94. The van der Waals surface area contributed by atoms with Gasteiger partial charge in [0, 0.05) is 26.4 Å². The molecule has 0 radical (unpaired) electrons. The Morgan fingerprint density at radius 3 is 2.24 bits per heavy atom. The molecule has 0 fully saturated rings. The second-order valence-corrected chi connectivity index (χ2v) is 7.38. The highest BCUT2D eigenvalue weighted by atomic mass is 16.6. The van der Waals surface area contributed by atoms with E-state index in [9.17, 15) is 19.2 Å². The number of amides is 2. The summed E-state index contributed by atoms with van der Waals surface area (Å²) >= 11 is 0. The number of hydrogen-bond acceptors (Lipinski definition) is 6. The van der Waals surface area contributed by atoms with Gasteiger partial charge >= 0.3 is 12.1 Å². The Hall–Kier alpha value is -2.90. The molecule has 0 saturated carbocycles. The molecule has 29 heavy (non-hydrogen) atoms. The molecule has 0 heterocycles. The normalized spacial score (nSPS) is 11.5. The number of nitrogens with zero attached hydrogens (tertiary/aromatic N) is 1. The number of benzene rings is 1. The van der Waals surface area contributed by atoms with Crippen LogP contribution in [0.1, 0.15) is 46.1 Å². The van der Waals surface area contributed by atoms with Crippen molar-refractivity contribution in [1.82, 2.24) is 10.2 Å². The first-order chi connectivity index (χ1) is 13.6. The van der Waals surface area contributed by atoms with Crippen molar-refractivity contribution in [3.63, 3.8) is 0 Å². The van der Waals surface area contributed by atoms with E-state index in [2.05, 4.69) is 5.32 Å². The van der Waals surface area contributed by atoms with Gasteiger partial charge in [0.1, 0.15) is 24.2 Å². The Balaban J connectivity index is 2.46. The predicted octanol–water partition coefficient (Wildman–Crippen LogP) is 2.69. The van der Waals surface area contributed by atoms with E-state index in [4.69, 9.17) is 9.47 Å². The van der Waals surface area contributed by atoms with E-state index in [1.54, 1.807) is 38.2 Å². The van der Waals surface area contributed by atoms with Crippen molar-refractivity contribution in [2.24, 2.45) is 5.92 Å². The van der Waals surface area contributed by atoms with Gasteiger partial charge in [-0.15, -0.1) is 0 Å². The lowest BCUT2D eigenvalue weighted by Crippen LogP contribution is -2.41. The minimum Gasteiger partial charge on any atom is -0.445 e. The molecule has 1 aromatic carbocycles. The van der Waals surface area contributed by atoms with Crippen LogP contribution in [0.2, 0.25) is 0 Å². The van der Waals surface area contributed by atoms with Crippen LogP contribution in [0.3, 0.4) is 0 Å². The smallest absolute Gasteiger partial charge is 0.409 e. The summed E-state index contributed by atoms with van der Waals surface area (Å²) in [7, 11) is 1.56. The summed E-state index contributed by atoms with van der Waals surface area (Å²) in [6.45, 7) is 7.23. The number of carbonyl (C=O) groups excluding carboxylic acids is 4. The first-order valence-corrected chi connectivity index (χ1v) is 9.55. The maximum atomic E-state index is 12.1. The van der Waals surface area contributed by atoms with Crippen molar-refractivity contribution in [2.45, 2.75) is 53.2 Å². The maximum absolute atomic E-state index is 12.1. The Morgan fingerprint density at radius 2 is 1.69 bits per heavy atom. The lowest BCUT2D eigenvalue weighted by molar-refractivity contribution is -0.139. The van der Waals surface area contributed by atoms with Gasteiger partial charge in [0.05, 0.1) is 0 Å². The summed E-state index contributed by atoms with van der Waals surface area (Å²) in [4.78, 5) is 48.0. The van der Waals surface area contributed by atoms with Gasteiger partial charge in [-0.25, -0.2) is 9.59 Å². The molecule has 8 heteroatoms. The highest BCUT2D eigenvalue weighted by molar-refractivity contribution is 5.85. The second-order valence-electron chi connectivity index (χ2n) is 7.38. The number of rotatable bonds is 10. The molecule has 1 atom stereocenters. The number of ether oxygens (including phenoxy) is 2. The molecule has 0 aliphatic heterocycles. The van der Waals surface area contributed by atoms with E-state index < -0.39 is 18.1 Å². The van der Waals surface area contributed by atoms with Crippen molar-refractivity contribution in [1.29, 1.82) is 0 Å². The van der Waals surface area contributed by atoms with Gasteiger partial charge in [-0.05, 0) is 37.5 Å². The van der Waals surface area contributed by atoms with Crippen molar-refractivity contribution in [2.75, 3.05) is 13.6 Å². The van der Waals surface area contributed by atoms with Crippen molar-refractivity contribution < 1.29 is 28.7 Å². The quantitative estimate of drug-likeness (QED) is 0.473.